The van der Waals surface area contributed by atoms with Gasteiger partial charge >= 0.3 is 0 Å². The number of para-hydroxylation sites is 1. The number of fused-ring (bicyclic) bond motifs is 5. The van der Waals surface area contributed by atoms with Crippen molar-refractivity contribution in [1.82, 2.24) is 14.9 Å². The lowest BCUT2D eigenvalue weighted by Crippen LogP contribution is -2.45. The molecule has 29 heavy (non-hydrogen) atoms. The van der Waals surface area contributed by atoms with Gasteiger partial charge in [0.25, 0.3) is 0 Å². The molecule has 2 aromatic carbocycles. The lowest BCUT2D eigenvalue weighted by molar-refractivity contribution is 0.372. The number of anilines is 1. The van der Waals surface area contributed by atoms with Crippen LogP contribution >= 0.6 is 0 Å². The van der Waals surface area contributed by atoms with Crippen LogP contribution in [0.3, 0.4) is 0 Å². The average Bonchev–Trinajstić information content (AvgIpc) is 3.06. The highest BCUT2D eigenvalue weighted by molar-refractivity contribution is 6.24. The first-order chi connectivity index (χ1) is 14.2. The minimum atomic E-state index is 0.296. The highest BCUT2D eigenvalue weighted by Gasteiger charge is 2.22. The van der Waals surface area contributed by atoms with Gasteiger partial charge in [0, 0.05) is 58.5 Å². The van der Waals surface area contributed by atoms with Crippen LogP contribution in [0.2, 0.25) is 0 Å². The van der Waals surface area contributed by atoms with Crippen LogP contribution in [0.25, 0.3) is 32.6 Å². The fraction of sp³-hybridized carbons (Fsp3) is 0.375. The first-order valence-corrected chi connectivity index (χ1v) is 10.5. The van der Waals surface area contributed by atoms with Crippen molar-refractivity contribution < 1.29 is 4.74 Å². The summed E-state index contributed by atoms with van der Waals surface area (Å²) in [5.41, 5.74) is 2.38. The Morgan fingerprint density at radius 2 is 2.00 bits per heavy atom. The molecule has 1 aliphatic heterocycles. The van der Waals surface area contributed by atoms with Gasteiger partial charge in [0.2, 0.25) is 0 Å². The molecule has 2 N–H and O–H groups in total. The summed E-state index contributed by atoms with van der Waals surface area (Å²) >= 11 is 0. The Morgan fingerprint density at radius 3 is 2.79 bits per heavy atom. The quantitative estimate of drug-likeness (QED) is 0.526. The Balaban J connectivity index is 1.76. The fourth-order valence-corrected chi connectivity index (χ4v) is 4.87. The number of aryl methyl sites for hydroxylation is 1. The summed E-state index contributed by atoms with van der Waals surface area (Å²) in [5.74, 6) is 1.81. The maximum Gasteiger partial charge on any atom is 0.134 e. The number of hydrogen-bond donors (Lipinski definition) is 2. The Labute approximate surface area is 171 Å². The lowest BCUT2D eigenvalue weighted by atomic mass is 9.98. The molecule has 5 rings (SSSR count). The van der Waals surface area contributed by atoms with Gasteiger partial charge < -0.3 is 19.9 Å². The maximum absolute atomic E-state index is 5.78. The van der Waals surface area contributed by atoms with E-state index < -0.39 is 0 Å². The second-order valence-corrected chi connectivity index (χ2v) is 8.12. The first-order valence-electron chi connectivity index (χ1n) is 10.5. The minimum absolute atomic E-state index is 0.296. The summed E-state index contributed by atoms with van der Waals surface area (Å²) in [6.07, 6.45) is 5.63. The topological polar surface area (TPSA) is 51.1 Å². The second kappa shape index (κ2) is 7.23. The third-order valence-electron chi connectivity index (χ3n) is 6.42. The molecule has 1 aliphatic rings. The van der Waals surface area contributed by atoms with E-state index in [9.17, 15) is 0 Å². The van der Waals surface area contributed by atoms with Crippen LogP contribution < -0.4 is 15.4 Å². The summed E-state index contributed by atoms with van der Waals surface area (Å²) in [7, 11) is 3.86. The van der Waals surface area contributed by atoms with E-state index in [4.69, 9.17) is 9.72 Å². The van der Waals surface area contributed by atoms with E-state index in [-0.39, 0.29) is 0 Å². The molecule has 0 amide bonds. The van der Waals surface area contributed by atoms with Crippen molar-refractivity contribution in [2.45, 2.75) is 38.3 Å². The van der Waals surface area contributed by atoms with Gasteiger partial charge in [-0.15, -0.1) is 0 Å². The van der Waals surface area contributed by atoms with E-state index in [1.807, 2.05) is 6.20 Å². The Kier molecular flexibility index (Phi) is 4.55. The van der Waals surface area contributed by atoms with Crippen LogP contribution in [0.5, 0.6) is 5.75 Å². The van der Waals surface area contributed by atoms with E-state index in [0.717, 1.165) is 34.4 Å². The number of aromatic nitrogens is 2. The number of benzene rings is 2. The zero-order valence-electron chi connectivity index (χ0n) is 17.3. The monoisotopic (exact) mass is 388 g/mol. The number of pyridine rings is 1. The van der Waals surface area contributed by atoms with Gasteiger partial charge in [0.15, 0.2) is 0 Å². The largest absolute Gasteiger partial charge is 0.496 e. The highest BCUT2D eigenvalue weighted by Crippen LogP contribution is 2.41. The van der Waals surface area contributed by atoms with Crippen molar-refractivity contribution >= 4 is 38.4 Å². The number of methoxy groups -OCH3 is 1. The molecule has 3 heterocycles. The number of nitrogens with one attached hydrogen (secondary N) is 2. The molecule has 1 saturated heterocycles. The standard InChI is InChI=1S/C24H28N4O/c1-15(18-9-6-7-12-25-18)27-24-23-17(11-13-26-24)21(29-3)14-20-22(23)16-8-4-5-10-19(16)28(20)2/h4-5,8,10-11,13-15,18,25H,6-7,9,12H2,1-3H3,(H,26,27). The van der Waals surface area contributed by atoms with Gasteiger partial charge in [0.05, 0.1) is 12.6 Å². The smallest absolute Gasteiger partial charge is 0.134 e. The number of hydrogen-bond acceptors (Lipinski definition) is 4. The fourth-order valence-electron chi connectivity index (χ4n) is 4.87. The zero-order valence-corrected chi connectivity index (χ0v) is 17.3. The summed E-state index contributed by atoms with van der Waals surface area (Å²) in [6.45, 7) is 3.35. The molecule has 2 unspecified atom stereocenters. The van der Waals surface area contributed by atoms with Gasteiger partial charge in [-0.2, -0.15) is 0 Å². The van der Waals surface area contributed by atoms with Gasteiger partial charge in [-0.25, -0.2) is 4.98 Å². The number of rotatable bonds is 4. The van der Waals surface area contributed by atoms with Crippen LogP contribution in [0, 0.1) is 0 Å². The van der Waals surface area contributed by atoms with E-state index in [1.165, 1.54) is 35.6 Å². The van der Waals surface area contributed by atoms with Crippen molar-refractivity contribution in [3.05, 3.63) is 42.6 Å². The molecule has 5 heteroatoms. The molecule has 2 atom stereocenters. The zero-order chi connectivity index (χ0) is 20.0. The molecule has 0 radical (unpaired) electrons. The SMILES string of the molecule is COc1cc2c(c3ccccc3n2C)c2c(NC(C)C3CCCCN3)nccc12. The number of nitrogens with zero attached hydrogens (tertiary/aromatic N) is 2. The van der Waals surface area contributed by atoms with Crippen LogP contribution in [0.15, 0.2) is 42.6 Å². The summed E-state index contributed by atoms with van der Waals surface area (Å²) < 4.78 is 8.03. The lowest BCUT2D eigenvalue weighted by Gasteiger charge is -2.30. The Hall–Kier alpha value is -2.79. The van der Waals surface area contributed by atoms with Crippen LogP contribution in [0.1, 0.15) is 26.2 Å². The van der Waals surface area contributed by atoms with Crippen LogP contribution in [-0.4, -0.2) is 35.3 Å². The minimum Gasteiger partial charge on any atom is -0.496 e. The van der Waals surface area contributed by atoms with Crippen molar-refractivity contribution in [1.29, 1.82) is 0 Å². The molecule has 4 aromatic rings. The van der Waals surface area contributed by atoms with E-state index in [1.54, 1.807) is 7.11 Å². The third-order valence-corrected chi connectivity index (χ3v) is 6.42. The maximum atomic E-state index is 5.78. The number of piperidine rings is 1. The van der Waals surface area contributed by atoms with Gasteiger partial charge in [-0.3, -0.25) is 0 Å². The van der Waals surface area contributed by atoms with Crippen LogP contribution in [-0.2, 0) is 7.05 Å². The van der Waals surface area contributed by atoms with Gasteiger partial charge in [0.1, 0.15) is 11.6 Å². The molecule has 0 aliphatic carbocycles. The van der Waals surface area contributed by atoms with Crippen molar-refractivity contribution in [2.75, 3.05) is 19.0 Å². The average molecular weight is 389 g/mol. The molecule has 0 bridgehead atoms. The molecular formula is C24H28N4O. The summed E-state index contributed by atoms with van der Waals surface area (Å²) in [4.78, 5) is 4.78. The molecule has 0 spiro atoms. The van der Waals surface area contributed by atoms with Gasteiger partial charge in [-0.1, -0.05) is 24.6 Å². The predicted octanol–water partition coefficient (Wildman–Crippen LogP) is 4.83. The normalized spacial score (nSPS) is 18.4. The molecular weight excluding hydrogens is 360 g/mol. The first kappa shape index (κ1) is 18.3. The van der Waals surface area contributed by atoms with Crippen molar-refractivity contribution in [3.8, 4) is 5.75 Å². The molecule has 2 aromatic heterocycles. The molecule has 150 valence electrons. The molecule has 1 fully saturated rings. The molecule has 0 saturated carbocycles. The van der Waals surface area contributed by atoms with Crippen LogP contribution in [0.4, 0.5) is 5.82 Å². The van der Waals surface area contributed by atoms with Crippen molar-refractivity contribution in [2.24, 2.45) is 7.05 Å². The van der Waals surface area contributed by atoms with E-state index in [2.05, 4.69) is 65.6 Å². The van der Waals surface area contributed by atoms with Crippen molar-refractivity contribution in [3.63, 3.8) is 0 Å². The van der Waals surface area contributed by atoms with E-state index in [0.29, 0.717) is 12.1 Å². The molecule has 5 nitrogen and oxygen atoms in total. The number of ether oxygens (including phenoxy) is 1. The highest BCUT2D eigenvalue weighted by atomic mass is 16.5. The Bertz CT molecular complexity index is 1190. The summed E-state index contributed by atoms with van der Waals surface area (Å²) in [5, 5.41) is 12.1. The predicted molar refractivity (Wildman–Crippen MR) is 121 cm³/mol. The third kappa shape index (κ3) is 2.92. The van der Waals surface area contributed by atoms with E-state index >= 15 is 0 Å². The van der Waals surface area contributed by atoms with Gasteiger partial charge in [-0.05, 0) is 38.4 Å². The second-order valence-electron chi connectivity index (χ2n) is 8.12. The summed E-state index contributed by atoms with van der Waals surface area (Å²) in [6, 6.07) is 13.5. The Morgan fingerprint density at radius 1 is 1.14 bits per heavy atom.